The van der Waals surface area contributed by atoms with Gasteiger partial charge < -0.3 is 19.1 Å². The molecular weight excluding hydrogens is 417 g/mol. The van der Waals surface area contributed by atoms with E-state index >= 15 is 0 Å². The fraction of sp³-hybridized carbons (Fsp3) is 0.316. The molecule has 0 aliphatic carbocycles. The molecule has 164 valence electrons. The van der Waals surface area contributed by atoms with Crippen molar-refractivity contribution in [1.82, 2.24) is 29.2 Å². The van der Waals surface area contributed by atoms with Crippen molar-refractivity contribution in [3.8, 4) is 0 Å². The van der Waals surface area contributed by atoms with Crippen molar-refractivity contribution in [1.29, 1.82) is 0 Å². The van der Waals surface area contributed by atoms with Gasteiger partial charge in [-0.3, -0.25) is 9.78 Å². The molecule has 1 amide bonds. The summed E-state index contributed by atoms with van der Waals surface area (Å²) in [4.78, 5) is 27.4. The molecule has 31 heavy (non-hydrogen) atoms. The fourth-order valence-corrected chi connectivity index (χ4v) is 3.02. The highest BCUT2D eigenvalue weighted by atomic mass is 19.4. The first kappa shape index (κ1) is 22.0. The topological polar surface area (TPSA) is 106 Å². The van der Waals surface area contributed by atoms with Gasteiger partial charge in [-0.1, -0.05) is 0 Å². The van der Waals surface area contributed by atoms with Crippen molar-refractivity contribution >= 4 is 11.9 Å². The van der Waals surface area contributed by atoms with Crippen LogP contribution in [0.4, 0.5) is 13.2 Å². The summed E-state index contributed by atoms with van der Waals surface area (Å²) in [6.07, 6.45) is 2.95. The molecule has 3 aromatic heterocycles. The molecule has 0 fully saturated rings. The largest absolute Gasteiger partial charge is 0.490 e. The predicted molar refractivity (Wildman–Crippen MR) is 101 cm³/mol. The van der Waals surface area contributed by atoms with Crippen molar-refractivity contribution in [2.75, 3.05) is 13.1 Å². The molecule has 0 radical (unpaired) electrons. The number of amides is 1. The Bertz CT molecular complexity index is 1020. The van der Waals surface area contributed by atoms with Crippen molar-refractivity contribution < 1.29 is 27.9 Å². The van der Waals surface area contributed by atoms with Crippen LogP contribution in [0.1, 0.15) is 22.0 Å². The third kappa shape index (κ3) is 5.68. The molecule has 9 nitrogen and oxygen atoms in total. The molecule has 4 heterocycles. The van der Waals surface area contributed by atoms with E-state index in [1.54, 1.807) is 24.5 Å². The molecule has 0 aromatic carbocycles. The highest BCUT2D eigenvalue weighted by Gasteiger charge is 2.38. The molecule has 0 spiro atoms. The van der Waals surface area contributed by atoms with Gasteiger partial charge in [-0.05, 0) is 24.3 Å². The standard InChI is InChI=1S/C17H18N6O.C2HF3O2/c24-17(14-3-6-18-7-4-14)22-10-5-15-19-20-16(23(15)12-11-22)13-21-8-1-2-9-21;3-2(4,5)1(6)7/h1-4,6-9H,5,10-13H2;(H,6,7). The first-order valence-corrected chi connectivity index (χ1v) is 9.27. The quantitative estimate of drug-likeness (QED) is 0.672. The molecular formula is C19H19F3N6O3. The summed E-state index contributed by atoms with van der Waals surface area (Å²) < 4.78 is 35.9. The number of aliphatic carboxylic acids is 1. The van der Waals surface area contributed by atoms with Gasteiger partial charge in [-0.25, -0.2) is 4.79 Å². The van der Waals surface area contributed by atoms with Crippen LogP contribution in [0.25, 0.3) is 0 Å². The fourth-order valence-electron chi connectivity index (χ4n) is 3.02. The summed E-state index contributed by atoms with van der Waals surface area (Å²) >= 11 is 0. The molecule has 0 bridgehead atoms. The van der Waals surface area contributed by atoms with Crippen LogP contribution in [-0.4, -0.2) is 65.5 Å². The average Bonchev–Trinajstić information content (AvgIpc) is 3.33. The molecule has 1 aliphatic rings. The van der Waals surface area contributed by atoms with Gasteiger partial charge in [0.1, 0.15) is 5.82 Å². The highest BCUT2D eigenvalue weighted by molar-refractivity contribution is 5.94. The Balaban J connectivity index is 0.000000339. The molecule has 1 N–H and O–H groups in total. The van der Waals surface area contributed by atoms with E-state index in [2.05, 4.69) is 24.3 Å². The first-order valence-electron chi connectivity index (χ1n) is 9.27. The molecule has 0 saturated carbocycles. The van der Waals surface area contributed by atoms with Gasteiger partial charge in [0.25, 0.3) is 5.91 Å². The molecule has 4 rings (SSSR count). The number of halogens is 3. The first-order chi connectivity index (χ1) is 14.8. The minimum Gasteiger partial charge on any atom is -0.475 e. The third-order valence-corrected chi connectivity index (χ3v) is 4.55. The van der Waals surface area contributed by atoms with Crippen LogP contribution in [0.5, 0.6) is 0 Å². The number of nitrogens with zero attached hydrogens (tertiary/aromatic N) is 6. The SMILES string of the molecule is O=C(O)C(F)(F)F.O=C(c1ccncc1)N1CCc2nnc(Cn3cccc3)n2CC1. The Labute approximate surface area is 174 Å². The Morgan fingerprint density at radius 1 is 1.03 bits per heavy atom. The van der Waals surface area contributed by atoms with Crippen LogP contribution in [0.3, 0.4) is 0 Å². The van der Waals surface area contributed by atoms with Crippen LogP contribution in [0.15, 0.2) is 49.1 Å². The minimum atomic E-state index is -5.08. The lowest BCUT2D eigenvalue weighted by atomic mass is 10.2. The normalized spacial score (nSPS) is 13.6. The van der Waals surface area contributed by atoms with Crippen LogP contribution in [0, 0.1) is 0 Å². The predicted octanol–water partition coefficient (Wildman–Crippen LogP) is 1.85. The number of carbonyl (C=O) groups is 2. The molecule has 3 aromatic rings. The number of pyridine rings is 1. The lowest BCUT2D eigenvalue weighted by Crippen LogP contribution is -2.33. The maximum Gasteiger partial charge on any atom is 0.490 e. The molecule has 1 aliphatic heterocycles. The molecule has 0 saturated heterocycles. The Hall–Kier alpha value is -3.70. The maximum absolute atomic E-state index is 12.6. The number of carboxylic acid groups (broad SMARTS) is 1. The number of carbonyl (C=O) groups excluding carboxylic acids is 1. The van der Waals surface area contributed by atoms with Gasteiger partial charge in [-0.2, -0.15) is 13.2 Å². The smallest absolute Gasteiger partial charge is 0.475 e. The molecule has 0 unspecified atom stereocenters. The lowest BCUT2D eigenvalue weighted by Gasteiger charge is -2.20. The maximum atomic E-state index is 12.6. The van der Waals surface area contributed by atoms with Crippen molar-refractivity contribution in [2.45, 2.75) is 25.7 Å². The second kappa shape index (κ2) is 9.41. The van der Waals surface area contributed by atoms with Crippen LogP contribution < -0.4 is 0 Å². The van der Waals surface area contributed by atoms with Gasteiger partial charge in [0, 0.05) is 56.4 Å². The summed E-state index contributed by atoms with van der Waals surface area (Å²) in [6.45, 7) is 2.72. The van der Waals surface area contributed by atoms with Gasteiger partial charge >= 0.3 is 12.1 Å². The number of rotatable bonds is 3. The summed E-state index contributed by atoms with van der Waals surface area (Å²) in [6, 6.07) is 7.50. The summed E-state index contributed by atoms with van der Waals surface area (Å²) in [5.41, 5.74) is 0.676. The van der Waals surface area contributed by atoms with Crippen LogP contribution >= 0.6 is 0 Å². The van der Waals surface area contributed by atoms with Crippen LogP contribution in [0.2, 0.25) is 0 Å². The Kier molecular flexibility index (Phi) is 6.68. The number of fused-ring (bicyclic) bond motifs is 1. The summed E-state index contributed by atoms with van der Waals surface area (Å²) in [5, 5.41) is 15.8. The van der Waals surface area contributed by atoms with E-state index in [0.29, 0.717) is 25.2 Å². The number of aromatic nitrogens is 5. The zero-order valence-electron chi connectivity index (χ0n) is 16.2. The summed E-state index contributed by atoms with van der Waals surface area (Å²) in [5.74, 6) is -0.836. The second-order valence-corrected chi connectivity index (χ2v) is 6.62. The third-order valence-electron chi connectivity index (χ3n) is 4.55. The molecule has 0 atom stereocenters. The number of alkyl halides is 3. The van der Waals surface area contributed by atoms with E-state index in [4.69, 9.17) is 9.90 Å². The van der Waals surface area contributed by atoms with Crippen molar-refractivity contribution in [3.63, 3.8) is 0 Å². The van der Waals surface area contributed by atoms with Gasteiger partial charge in [-0.15, -0.1) is 10.2 Å². The average molecular weight is 436 g/mol. The Morgan fingerprint density at radius 2 is 1.68 bits per heavy atom. The van der Waals surface area contributed by atoms with E-state index in [9.17, 15) is 18.0 Å². The lowest BCUT2D eigenvalue weighted by molar-refractivity contribution is -0.192. The van der Waals surface area contributed by atoms with Gasteiger partial charge in [0.15, 0.2) is 5.82 Å². The number of hydrogen-bond donors (Lipinski definition) is 1. The number of hydrogen-bond acceptors (Lipinski definition) is 5. The van der Waals surface area contributed by atoms with Gasteiger partial charge in [0.05, 0.1) is 6.54 Å². The highest BCUT2D eigenvalue weighted by Crippen LogP contribution is 2.14. The summed E-state index contributed by atoms with van der Waals surface area (Å²) in [7, 11) is 0. The van der Waals surface area contributed by atoms with Crippen molar-refractivity contribution in [3.05, 3.63) is 66.3 Å². The molecule has 12 heteroatoms. The minimum absolute atomic E-state index is 0.0445. The Morgan fingerprint density at radius 3 is 2.29 bits per heavy atom. The van der Waals surface area contributed by atoms with E-state index in [1.807, 2.05) is 29.4 Å². The van der Waals surface area contributed by atoms with E-state index < -0.39 is 12.1 Å². The number of carboxylic acids is 1. The van der Waals surface area contributed by atoms with E-state index in [-0.39, 0.29) is 5.91 Å². The monoisotopic (exact) mass is 436 g/mol. The van der Waals surface area contributed by atoms with Gasteiger partial charge in [0.2, 0.25) is 0 Å². The van der Waals surface area contributed by atoms with E-state index in [0.717, 1.165) is 24.6 Å². The van der Waals surface area contributed by atoms with E-state index in [1.165, 1.54) is 0 Å². The van der Waals surface area contributed by atoms with Crippen LogP contribution in [-0.2, 0) is 24.3 Å². The van der Waals surface area contributed by atoms with Crippen molar-refractivity contribution in [2.24, 2.45) is 0 Å². The zero-order chi connectivity index (χ0) is 22.4. The zero-order valence-corrected chi connectivity index (χ0v) is 16.2. The second-order valence-electron chi connectivity index (χ2n) is 6.62.